The summed E-state index contributed by atoms with van der Waals surface area (Å²) in [5.74, 6) is -2.58. The van der Waals surface area contributed by atoms with Gasteiger partial charge in [-0.05, 0) is 86.6 Å². The van der Waals surface area contributed by atoms with Crippen LogP contribution < -0.4 is 15.0 Å². The Balaban J connectivity index is 0.000000637. The standard InChI is InChI=1S/C30H32FN3O4.C4H4O4/c1-21(35)32-26-12-8-24(9-13-26)30(37)34(27-4-3-5-28(20-27)38-2)19-18-33-16-14-23(15-17-33)29(36)22-6-10-25(31)11-7-22;5-3(6)1-2-4(7)8/h3-13,20,23H,14-19H2,1-2H3,(H,32,35);1-2H,(H,5,6)(H,7,8)/b;2-1+. The number of carbonyl (C=O) groups is 5. The SMILES string of the molecule is COc1cccc(N(CCN2CCC(C(=O)c3ccc(F)cc3)CC2)C(=O)c2ccc(NC(C)=O)cc2)c1.O=C(O)/C=C/C(=O)O. The van der Waals surface area contributed by atoms with Crippen molar-refractivity contribution in [2.24, 2.45) is 5.92 Å². The summed E-state index contributed by atoms with van der Waals surface area (Å²) in [6.07, 6.45) is 2.55. The van der Waals surface area contributed by atoms with E-state index in [4.69, 9.17) is 14.9 Å². The number of piperidine rings is 1. The van der Waals surface area contributed by atoms with Crippen LogP contribution in [0.2, 0.25) is 0 Å². The molecule has 1 heterocycles. The molecule has 1 aliphatic heterocycles. The lowest BCUT2D eigenvalue weighted by atomic mass is 9.89. The van der Waals surface area contributed by atoms with Gasteiger partial charge in [-0.25, -0.2) is 14.0 Å². The Bertz CT molecular complexity index is 1530. The number of nitrogens with zero attached hydrogens (tertiary/aromatic N) is 2. The first kappa shape index (κ1) is 35.1. The van der Waals surface area contributed by atoms with Crippen molar-refractivity contribution in [1.82, 2.24) is 4.90 Å². The second-order valence-corrected chi connectivity index (χ2v) is 10.4. The van der Waals surface area contributed by atoms with E-state index in [-0.39, 0.29) is 29.3 Å². The predicted octanol–water partition coefficient (Wildman–Crippen LogP) is 4.75. The van der Waals surface area contributed by atoms with Gasteiger partial charge in [-0.3, -0.25) is 14.4 Å². The molecule has 12 heteroatoms. The normalized spacial score (nSPS) is 13.3. The van der Waals surface area contributed by atoms with E-state index in [2.05, 4.69) is 10.2 Å². The van der Waals surface area contributed by atoms with Crippen LogP contribution in [0.25, 0.3) is 0 Å². The number of methoxy groups -OCH3 is 1. The molecule has 0 aromatic heterocycles. The second kappa shape index (κ2) is 17.2. The predicted molar refractivity (Wildman–Crippen MR) is 170 cm³/mol. The summed E-state index contributed by atoms with van der Waals surface area (Å²) in [4.78, 5) is 60.8. The van der Waals surface area contributed by atoms with Crippen molar-refractivity contribution < 1.29 is 43.3 Å². The summed E-state index contributed by atoms with van der Waals surface area (Å²) in [6, 6.07) is 19.9. The maximum absolute atomic E-state index is 13.6. The van der Waals surface area contributed by atoms with Crippen molar-refractivity contribution in [3.8, 4) is 5.75 Å². The van der Waals surface area contributed by atoms with Gasteiger partial charge in [0.15, 0.2) is 5.78 Å². The van der Waals surface area contributed by atoms with E-state index < -0.39 is 11.9 Å². The summed E-state index contributed by atoms with van der Waals surface area (Å²) >= 11 is 0. The highest BCUT2D eigenvalue weighted by atomic mass is 19.1. The summed E-state index contributed by atoms with van der Waals surface area (Å²) < 4.78 is 18.6. The van der Waals surface area contributed by atoms with E-state index in [0.717, 1.165) is 18.8 Å². The van der Waals surface area contributed by atoms with Crippen LogP contribution in [-0.4, -0.2) is 77.9 Å². The van der Waals surface area contributed by atoms with Gasteiger partial charge < -0.3 is 30.1 Å². The molecule has 46 heavy (non-hydrogen) atoms. The van der Waals surface area contributed by atoms with E-state index >= 15 is 0 Å². The maximum atomic E-state index is 13.6. The van der Waals surface area contributed by atoms with Crippen LogP contribution in [0.15, 0.2) is 84.9 Å². The quantitative estimate of drug-likeness (QED) is 0.201. The fourth-order valence-corrected chi connectivity index (χ4v) is 4.83. The van der Waals surface area contributed by atoms with Crippen molar-refractivity contribution in [1.29, 1.82) is 0 Å². The number of rotatable bonds is 11. The van der Waals surface area contributed by atoms with Gasteiger partial charge in [-0.2, -0.15) is 0 Å². The molecule has 1 fully saturated rings. The highest BCUT2D eigenvalue weighted by molar-refractivity contribution is 6.06. The van der Waals surface area contributed by atoms with Crippen LogP contribution in [0.4, 0.5) is 15.8 Å². The van der Waals surface area contributed by atoms with Crippen LogP contribution in [-0.2, 0) is 14.4 Å². The van der Waals surface area contributed by atoms with E-state index in [1.807, 2.05) is 24.3 Å². The van der Waals surface area contributed by atoms with Crippen molar-refractivity contribution in [2.75, 3.05) is 43.5 Å². The number of amides is 2. The summed E-state index contributed by atoms with van der Waals surface area (Å²) in [5, 5.41) is 18.3. The molecule has 3 aromatic carbocycles. The number of halogens is 1. The van der Waals surface area contributed by atoms with Crippen molar-refractivity contribution in [3.05, 3.63) is 102 Å². The first-order chi connectivity index (χ1) is 22.0. The molecular weight excluding hydrogens is 597 g/mol. The number of aliphatic carboxylic acids is 2. The average Bonchev–Trinajstić information content (AvgIpc) is 3.04. The van der Waals surface area contributed by atoms with E-state index in [1.165, 1.54) is 19.1 Å². The first-order valence-electron chi connectivity index (χ1n) is 14.5. The first-order valence-corrected chi connectivity index (χ1v) is 14.5. The van der Waals surface area contributed by atoms with Gasteiger partial charge in [-0.1, -0.05) is 6.07 Å². The second-order valence-electron chi connectivity index (χ2n) is 10.4. The minimum absolute atomic E-state index is 0.0561. The molecule has 3 aromatic rings. The third-order valence-corrected chi connectivity index (χ3v) is 7.16. The monoisotopic (exact) mass is 633 g/mol. The molecule has 3 N–H and O–H groups in total. The fourth-order valence-electron chi connectivity index (χ4n) is 4.83. The number of Topliss-reactive ketones (excluding diaryl/α,β-unsaturated/α-hetero) is 1. The van der Waals surface area contributed by atoms with Gasteiger partial charge in [0.1, 0.15) is 11.6 Å². The Morgan fingerprint density at radius 3 is 2.04 bits per heavy atom. The number of carboxylic acids is 2. The molecule has 0 bridgehead atoms. The number of carboxylic acid groups (broad SMARTS) is 2. The fraction of sp³-hybridized carbons (Fsp3) is 0.265. The number of likely N-dealkylation sites (tertiary alicyclic amines) is 1. The molecule has 1 aliphatic rings. The number of ketones is 1. The Morgan fingerprint density at radius 2 is 1.50 bits per heavy atom. The maximum Gasteiger partial charge on any atom is 0.328 e. The number of nitrogens with one attached hydrogen (secondary N) is 1. The third kappa shape index (κ3) is 11.0. The van der Waals surface area contributed by atoms with Crippen LogP contribution in [0.3, 0.4) is 0 Å². The molecule has 0 spiro atoms. The molecule has 0 radical (unpaired) electrons. The Morgan fingerprint density at radius 1 is 0.913 bits per heavy atom. The highest BCUT2D eigenvalue weighted by Crippen LogP contribution is 2.25. The Labute approximate surface area is 265 Å². The third-order valence-electron chi connectivity index (χ3n) is 7.16. The number of hydrogen-bond acceptors (Lipinski definition) is 7. The summed E-state index contributed by atoms with van der Waals surface area (Å²) in [6.45, 7) is 4.01. The Hall–Kier alpha value is -5.36. The molecule has 11 nitrogen and oxygen atoms in total. The molecule has 0 unspecified atom stereocenters. The smallest absolute Gasteiger partial charge is 0.328 e. The number of benzene rings is 3. The van der Waals surface area contributed by atoms with Crippen molar-refractivity contribution in [2.45, 2.75) is 19.8 Å². The van der Waals surface area contributed by atoms with Gasteiger partial charge in [0.05, 0.1) is 7.11 Å². The number of hydrogen-bond donors (Lipinski definition) is 3. The van der Waals surface area contributed by atoms with Gasteiger partial charge in [-0.15, -0.1) is 0 Å². The summed E-state index contributed by atoms with van der Waals surface area (Å²) in [7, 11) is 1.59. The van der Waals surface area contributed by atoms with E-state index in [0.29, 0.717) is 60.6 Å². The van der Waals surface area contributed by atoms with Gasteiger partial charge in [0.25, 0.3) is 5.91 Å². The van der Waals surface area contributed by atoms with Crippen LogP contribution in [0.1, 0.15) is 40.5 Å². The van der Waals surface area contributed by atoms with Crippen LogP contribution in [0, 0.1) is 11.7 Å². The molecule has 0 saturated carbocycles. The number of carbonyl (C=O) groups excluding carboxylic acids is 3. The zero-order chi connectivity index (χ0) is 33.6. The van der Waals surface area contributed by atoms with Crippen molar-refractivity contribution in [3.63, 3.8) is 0 Å². The van der Waals surface area contributed by atoms with Gasteiger partial charge in [0, 0.05) is 66.7 Å². The molecule has 0 aliphatic carbocycles. The molecule has 4 rings (SSSR count). The molecular formula is C34H36FN3O8. The van der Waals surface area contributed by atoms with E-state index in [1.54, 1.807) is 48.4 Å². The lowest BCUT2D eigenvalue weighted by Crippen LogP contribution is -2.42. The minimum atomic E-state index is -1.26. The van der Waals surface area contributed by atoms with Crippen molar-refractivity contribution >= 4 is 40.9 Å². The molecule has 2 amide bonds. The van der Waals surface area contributed by atoms with E-state index in [9.17, 15) is 28.4 Å². The average molecular weight is 634 g/mol. The molecule has 242 valence electrons. The lowest BCUT2D eigenvalue weighted by Gasteiger charge is -2.33. The Kier molecular flexibility index (Phi) is 13.1. The van der Waals surface area contributed by atoms with Gasteiger partial charge >= 0.3 is 11.9 Å². The molecule has 1 saturated heterocycles. The largest absolute Gasteiger partial charge is 0.497 e. The topological polar surface area (TPSA) is 154 Å². The minimum Gasteiger partial charge on any atom is -0.497 e. The van der Waals surface area contributed by atoms with Crippen LogP contribution >= 0.6 is 0 Å². The zero-order valence-electron chi connectivity index (χ0n) is 25.5. The van der Waals surface area contributed by atoms with Gasteiger partial charge in [0.2, 0.25) is 5.91 Å². The number of ether oxygens (including phenoxy) is 1. The summed E-state index contributed by atoms with van der Waals surface area (Å²) in [5.41, 5.74) is 2.40. The zero-order valence-corrected chi connectivity index (χ0v) is 25.5. The highest BCUT2D eigenvalue weighted by Gasteiger charge is 2.27. The number of anilines is 2. The van der Waals surface area contributed by atoms with Crippen LogP contribution in [0.5, 0.6) is 5.75 Å². The lowest BCUT2D eigenvalue weighted by molar-refractivity contribution is -0.134. The molecule has 0 atom stereocenters.